The van der Waals surface area contributed by atoms with Crippen LogP contribution in [0.4, 0.5) is 0 Å². The average molecular weight is 266 g/mol. The zero-order valence-electron chi connectivity index (χ0n) is 9.59. The van der Waals surface area contributed by atoms with Crippen LogP contribution in [0.5, 0.6) is 0 Å². The molecule has 0 aliphatic rings. The number of nitrogens with zero attached hydrogens (tertiary/aromatic N) is 3. The van der Waals surface area contributed by atoms with Crippen molar-refractivity contribution in [3.63, 3.8) is 0 Å². The zero-order valence-corrected chi connectivity index (χ0v) is 11.2. The Balaban J connectivity index is 2.36. The Morgan fingerprint density at radius 2 is 1.88 bits per heavy atom. The fraction of sp³-hybridized carbons (Fsp3) is 0.250. The van der Waals surface area contributed by atoms with Crippen molar-refractivity contribution in [1.82, 2.24) is 15.0 Å². The highest BCUT2D eigenvalue weighted by Gasteiger charge is 2.14. The van der Waals surface area contributed by atoms with E-state index in [-0.39, 0.29) is 0 Å². The van der Waals surface area contributed by atoms with E-state index in [2.05, 4.69) is 28.8 Å². The molecule has 0 amide bonds. The molecule has 0 saturated carbocycles. The molecule has 3 nitrogen and oxygen atoms in total. The van der Waals surface area contributed by atoms with Gasteiger partial charge in [-0.3, -0.25) is 4.98 Å². The fourth-order valence-corrected chi connectivity index (χ4v) is 2.87. The molecule has 0 atom stereocenters. The summed E-state index contributed by atoms with van der Waals surface area (Å²) < 4.78 is 0. The number of aromatic nitrogens is 3. The molecule has 0 N–H and O–H groups in total. The van der Waals surface area contributed by atoms with Crippen molar-refractivity contribution in [1.29, 1.82) is 0 Å². The lowest BCUT2D eigenvalue weighted by atomic mass is 10.1. The molecule has 2 aromatic heterocycles. The molecular formula is C12H12ClN3S. The number of rotatable bonds is 3. The lowest BCUT2D eigenvalue weighted by molar-refractivity contribution is 0.803. The molecule has 0 saturated heterocycles. The second-order valence-electron chi connectivity index (χ2n) is 3.82. The van der Waals surface area contributed by atoms with E-state index in [9.17, 15) is 0 Å². The molecule has 5 heteroatoms. The van der Waals surface area contributed by atoms with Crippen molar-refractivity contribution in [2.75, 3.05) is 0 Å². The Morgan fingerprint density at radius 3 is 2.53 bits per heavy atom. The number of halogens is 1. The van der Waals surface area contributed by atoms with E-state index in [0.717, 1.165) is 15.5 Å². The smallest absolute Gasteiger partial charge is 0.137 e. The van der Waals surface area contributed by atoms with Crippen molar-refractivity contribution in [2.45, 2.75) is 29.7 Å². The van der Waals surface area contributed by atoms with Gasteiger partial charge in [0.1, 0.15) is 16.5 Å². The highest BCUT2D eigenvalue weighted by Crippen LogP contribution is 2.34. The van der Waals surface area contributed by atoms with Crippen LogP contribution in [-0.4, -0.2) is 15.0 Å². The number of hydrogen-bond acceptors (Lipinski definition) is 4. The Kier molecular flexibility index (Phi) is 3.97. The molecule has 0 unspecified atom stereocenters. The lowest BCUT2D eigenvalue weighted by Gasteiger charge is -2.11. The van der Waals surface area contributed by atoms with Gasteiger partial charge < -0.3 is 0 Å². The normalized spacial score (nSPS) is 10.8. The molecule has 88 valence electrons. The summed E-state index contributed by atoms with van der Waals surface area (Å²) in [4.78, 5) is 13.4. The SMILES string of the molecule is CC(C)c1c(Cl)ncnc1Sc1ccncc1. The summed E-state index contributed by atoms with van der Waals surface area (Å²) >= 11 is 7.69. The maximum absolute atomic E-state index is 6.11. The topological polar surface area (TPSA) is 38.7 Å². The highest BCUT2D eigenvalue weighted by atomic mass is 35.5. The van der Waals surface area contributed by atoms with E-state index < -0.39 is 0 Å². The molecule has 0 aliphatic heterocycles. The standard InChI is InChI=1S/C12H12ClN3S/c1-8(2)10-11(13)15-7-16-12(10)17-9-3-5-14-6-4-9/h3-8H,1-2H3. The minimum absolute atomic E-state index is 0.299. The quantitative estimate of drug-likeness (QED) is 0.792. The van der Waals surface area contributed by atoms with Crippen LogP contribution in [0.15, 0.2) is 40.8 Å². The molecule has 0 spiro atoms. The Hall–Kier alpha value is -1.13. The first kappa shape index (κ1) is 12.3. The van der Waals surface area contributed by atoms with Gasteiger partial charge in [-0.05, 0) is 18.1 Å². The van der Waals surface area contributed by atoms with Crippen LogP contribution in [0, 0.1) is 0 Å². The van der Waals surface area contributed by atoms with Crippen LogP contribution >= 0.6 is 23.4 Å². The molecular weight excluding hydrogens is 254 g/mol. The van der Waals surface area contributed by atoms with Gasteiger partial charge in [0.2, 0.25) is 0 Å². The Labute approximate surface area is 110 Å². The molecule has 17 heavy (non-hydrogen) atoms. The average Bonchev–Trinajstić information content (AvgIpc) is 2.30. The van der Waals surface area contributed by atoms with Crippen LogP contribution in [0.1, 0.15) is 25.3 Å². The molecule has 0 aromatic carbocycles. The molecule has 0 fully saturated rings. The minimum atomic E-state index is 0.299. The summed E-state index contributed by atoms with van der Waals surface area (Å²) in [5.74, 6) is 0.299. The van der Waals surface area contributed by atoms with Crippen molar-refractivity contribution in [3.8, 4) is 0 Å². The third-order valence-electron chi connectivity index (χ3n) is 2.24. The van der Waals surface area contributed by atoms with E-state index in [1.807, 2.05) is 12.1 Å². The van der Waals surface area contributed by atoms with Gasteiger partial charge in [-0.1, -0.05) is 37.2 Å². The number of pyridine rings is 1. The van der Waals surface area contributed by atoms with E-state index in [0.29, 0.717) is 11.1 Å². The van der Waals surface area contributed by atoms with Crippen LogP contribution in [-0.2, 0) is 0 Å². The molecule has 2 heterocycles. The van der Waals surface area contributed by atoms with E-state index in [1.54, 1.807) is 24.2 Å². The Morgan fingerprint density at radius 1 is 1.18 bits per heavy atom. The van der Waals surface area contributed by atoms with Crippen LogP contribution in [0.3, 0.4) is 0 Å². The van der Waals surface area contributed by atoms with Gasteiger partial charge in [-0.25, -0.2) is 9.97 Å². The fourth-order valence-electron chi connectivity index (χ4n) is 1.44. The summed E-state index contributed by atoms with van der Waals surface area (Å²) in [7, 11) is 0. The molecule has 0 aliphatic carbocycles. The van der Waals surface area contributed by atoms with Crippen LogP contribution in [0.25, 0.3) is 0 Å². The summed E-state index contributed by atoms with van der Waals surface area (Å²) in [6.45, 7) is 4.17. The monoisotopic (exact) mass is 265 g/mol. The number of hydrogen-bond donors (Lipinski definition) is 0. The van der Waals surface area contributed by atoms with E-state index >= 15 is 0 Å². The molecule has 2 rings (SSSR count). The van der Waals surface area contributed by atoms with Crippen molar-refractivity contribution in [3.05, 3.63) is 41.6 Å². The predicted octanol–water partition coefficient (Wildman–Crippen LogP) is 3.80. The first-order chi connectivity index (χ1) is 8.18. The highest BCUT2D eigenvalue weighted by molar-refractivity contribution is 7.99. The van der Waals surface area contributed by atoms with Gasteiger partial charge in [0.15, 0.2) is 0 Å². The zero-order chi connectivity index (χ0) is 12.3. The van der Waals surface area contributed by atoms with Gasteiger partial charge in [-0.15, -0.1) is 0 Å². The van der Waals surface area contributed by atoms with Gasteiger partial charge in [0.25, 0.3) is 0 Å². The largest absolute Gasteiger partial charge is 0.265 e. The summed E-state index contributed by atoms with van der Waals surface area (Å²) in [6.07, 6.45) is 5.03. The second kappa shape index (κ2) is 5.47. The first-order valence-corrected chi connectivity index (χ1v) is 6.46. The van der Waals surface area contributed by atoms with Crippen LogP contribution in [0.2, 0.25) is 5.15 Å². The third-order valence-corrected chi connectivity index (χ3v) is 3.57. The van der Waals surface area contributed by atoms with Crippen molar-refractivity contribution >= 4 is 23.4 Å². The first-order valence-electron chi connectivity index (χ1n) is 5.26. The molecule has 2 aromatic rings. The van der Waals surface area contributed by atoms with Gasteiger partial charge in [0.05, 0.1) is 0 Å². The summed E-state index contributed by atoms with van der Waals surface area (Å²) in [5, 5.41) is 1.44. The third kappa shape index (κ3) is 2.96. The Bertz CT molecular complexity index is 502. The van der Waals surface area contributed by atoms with Crippen LogP contribution < -0.4 is 0 Å². The second-order valence-corrected chi connectivity index (χ2v) is 5.24. The van der Waals surface area contributed by atoms with E-state index in [1.165, 1.54) is 6.33 Å². The summed E-state index contributed by atoms with van der Waals surface area (Å²) in [5.41, 5.74) is 0.996. The summed E-state index contributed by atoms with van der Waals surface area (Å²) in [6, 6.07) is 3.90. The van der Waals surface area contributed by atoms with Crippen molar-refractivity contribution in [2.24, 2.45) is 0 Å². The predicted molar refractivity (Wildman–Crippen MR) is 69.5 cm³/mol. The van der Waals surface area contributed by atoms with E-state index in [4.69, 9.17) is 11.6 Å². The van der Waals surface area contributed by atoms with Crippen molar-refractivity contribution < 1.29 is 0 Å². The molecule has 0 bridgehead atoms. The van der Waals surface area contributed by atoms with Gasteiger partial charge >= 0.3 is 0 Å². The molecule has 0 radical (unpaired) electrons. The minimum Gasteiger partial charge on any atom is -0.265 e. The maximum Gasteiger partial charge on any atom is 0.137 e. The lowest BCUT2D eigenvalue weighted by Crippen LogP contribution is -1.97. The van der Waals surface area contributed by atoms with Gasteiger partial charge in [0, 0.05) is 22.9 Å². The van der Waals surface area contributed by atoms with Gasteiger partial charge in [-0.2, -0.15) is 0 Å². The maximum atomic E-state index is 6.11.